The summed E-state index contributed by atoms with van der Waals surface area (Å²) in [5.74, 6) is -0.864. The molecule has 1 aromatic rings. The summed E-state index contributed by atoms with van der Waals surface area (Å²) < 4.78 is 0. The predicted molar refractivity (Wildman–Crippen MR) is 79.0 cm³/mol. The van der Waals surface area contributed by atoms with E-state index in [0.717, 1.165) is 6.42 Å². The van der Waals surface area contributed by atoms with Gasteiger partial charge in [-0.1, -0.05) is 11.6 Å². The Morgan fingerprint density at radius 3 is 2.76 bits per heavy atom. The van der Waals surface area contributed by atoms with Gasteiger partial charge < -0.3 is 10.0 Å². The van der Waals surface area contributed by atoms with Crippen LogP contribution in [0.15, 0.2) is 18.2 Å². The first-order chi connectivity index (χ1) is 9.97. The Morgan fingerprint density at radius 2 is 2.10 bits per heavy atom. The van der Waals surface area contributed by atoms with Gasteiger partial charge in [0.2, 0.25) is 0 Å². The van der Waals surface area contributed by atoms with Gasteiger partial charge in [0.15, 0.2) is 0 Å². The number of hydrogen-bond acceptors (Lipinski definition) is 5. The Morgan fingerprint density at radius 1 is 1.33 bits per heavy atom. The molecular formula is C13H16ClN3O4. The number of carbonyl (C=O) groups is 1. The number of hydrogen-bond donors (Lipinski definition) is 1. The van der Waals surface area contributed by atoms with Crippen LogP contribution >= 0.6 is 11.6 Å². The molecule has 8 heteroatoms. The first kappa shape index (κ1) is 15.5. The maximum absolute atomic E-state index is 11.1. The van der Waals surface area contributed by atoms with E-state index in [2.05, 4.69) is 0 Å². The van der Waals surface area contributed by atoms with Crippen molar-refractivity contribution in [1.29, 1.82) is 0 Å². The number of nitro benzene ring substituents is 1. The van der Waals surface area contributed by atoms with E-state index < -0.39 is 10.9 Å². The van der Waals surface area contributed by atoms with Gasteiger partial charge >= 0.3 is 5.97 Å². The third-order valence-electron chi connectivity index (χ3n) is 3.42. The lowest BCUT2D eigenvalue weighted by Gasteiger charge is -2.23. The standard InChI is InChI=1S/C13H16ClN3O4/c14-10-2-3-11(17(20)21)12(8-10)16-5-1-4-15(6-7-16)9-13(18)19/h2-3,8H,1,4-7,9H2,(H,18,19). The predicted octanol–water partition coefficient (Wildman–Crippen LogP) is 1.84. The van der Waals surface area contributed by atoms with E-state index in [0.29, 0.717) is 36.9 Å². The van der Waals surface area contributed by atoms with E-state index in [-0.39, 0.29) is 12.2 Å². The second kappa shape index (κ2) is 6.73. The third-order valence-corrected chi connectivity index (χ3v) is 3.66. The lowest BCUT2D eigenvalue weighted by atomic mass is 10.2. The number of anilines is 1. The second-order valence-electron chi connectivity index (χ2n) is 4.90. The highest BCUT2D eigenvalue weighted by Crippen LogP contribution is 2.31. The van der Waals surface area contributed by atoms with Crippen LogP contribution in [-0.4, -0.2) is 53.6 Å². The fourth-order valence-electron chi connectivity index (χ4n) is 2.47. The van der Waals surface area contributed by atoms with Gasteiger partial charge in [-0.3, -0.25) is 19.8 Å². The number of nitro groups is 1. The molecule has 0 aliphatic carbocycles. The monoisotopic (exact) mass is 313 g/mol. The molecule has 0 saturated carbocycles. The summed E-state index contributed by atoms with van der Waals surface area (Å²) in [4.78, 5) is 25.2. The summed E-state index contributed by atoms with van der Waals surface area (Å²) in [5, 5.41) is 20.4. The number of rotatable bonds is 4. The summed E-state index contributed by atoms with van der Waals surface area (Å²) >= 11 is 5.94. The molecule has 1 saturated heterocycles. The Bertz CT molecular complexity index is 552. The van der Waals surface area contributed by atoms with Crippen LogP contribution in [0.25, 0.3) is 0 Å². The van der Waals surface area contributed by atoms with E-state index >= 15 is 0 Å². The highest BCUT2D eigenvalue weighted by Gasteiger charge is 2.23. The Kier molecular flexibility index (Phi) is 4.98. The van der Waals surface area contributed by atoms with E-state index in [1.54, 1.807) is 6.07 Å². The largest absolute Gasteiger partial charge is 0.480 e. The average Bonchev–Trinajstić information content (AvgIpc) is 2.63. The fourth-order valence-corrected chi connectivity index (χ4v) is 2.63. The van der Waals surface area contributed by atoms with Gasteiger partial charge in [-0.15, -0.1) is 0 Å². The Labute approximate surface area is 126 Å². The molecule has 114 valence electrons. The van der Waals surface area contributed by atoms with Crippen molar-refractivity contribution in [3.63, 3.8) is 0 Å². The minimum absolute atomic E-state index is 0.00845. The quantitative estimate of drug-likeness (QED) is 0.674. The number of carboxylic acid groups (broad SMARTS) is 1. The highest BCUT2D eigenvalue weighted by atomic mass is 35.5. The third kappa shape index (κ3) is 4.05. The van der Waals surface area contributed by atoms with Crippen molar-refractivity contribution in [3.05, 3.63) is 33.3 Å². The molecule has 0 bridgehead atoms. The van der Waals surface area contributed by atoms with Crippen LogP contribution in [0.1, 0.15) is 6.42 Å². The minimum Gasteiger partial charge on any atom is -0.480 e. The lowest BCUT2D eigenvalue weighted by Crippen LogP contribution is -2.34. The van der Waals surface area contributed by atoms with Gasteiger partial charge in [-0.2, -0.15) is 0 Å². The zero-order valence-electron chi connectivity index (χ0n) is 11.4. The average molecular weight is 314 g/mol. The first-order valence-electron chi connectivity index (χ1n) is 6.60. The van der Waals surface area contributed by atoms with E-state index in [1.807, 2.05) is 9.80 Å². The summed E-state index contributed by atoms with van der Waals surface area (Å²) in [6.45, 7) is 2.38. The normalized spacial score (nSPS) is 16.5. The van der Waals surface area contributed by atoms with Gasteiger partial charge in [0.25, 0.3) is 5.69 Å². The molecule has 1 aliphatic heterocycles. The number of aliphatic carboxylic acids is 1. The van der Waals surface area contributed by atoms with E-state index in [1.165, 1.54) is 12.1 Å². The molecule has 0 radical (unpaired) electrons. The molecule has 0 unspecified atom stereocenters. The van der Waals surface area contributed by atoms with Crippen molar-refractivity contribution < 1.29 is 14.8 Å². The smallest absolute Gasteiger partial charge is 0.317 e. The maximum atomic E-state index is 11.1. The lowest BCUT2D eigenvalue weighted by molar-refractivity contribution is -0.384. The van der Waals surface area contributed by atoms with Crippen LogP contribution in [0.4, 0.5) is 11.4 Å². The van der Waals surface area contributed by atoms with Crippen LogP contribution < -0.4 is 4.90 Å². The molecule has 0 amide bonds. The molecule has 1 N–H and O–H groups in total. The molecule has 1 fully saturated rings. The first-order valence-corrected chi connectivity index (χ1v) is 6.98. The van der Waals surface area contributed by atoms with Crippen LogP contribution in [0.3, 0.4) is 0 Å². The van der Waals surface area contributed by atoms with Crippen molar-refractivity contribution in [2.45, 2.75) is 6.42 Å². The topological polar surface area (TPSA) is 86.9 Å². The number of nitrogens with zero attached hydrogens (tertiary/aromatic N) is 3. The van der Waals surface area contributed by atoms with Crippen LogP contribution in [-0.2, 0) is 4.79 Å². The minimum atomic E-state index is -0.864. The molecule has 0 atom stereocenters. The van der Waals surface area contributed by atoms with Gasteiger partial charge in [0.1, 0.15) is 5.69 Å². The van der Waals surface area contributed by atoms with Crippen molar-refractivity contribution >= 4 is 28.9 Å². The molecule has 21 heavy (non-hydrogen) atoms. The zero-order chi connectivity index (χ0) is 15.4. The maximum Gasteiger partial charge on any atom is 0.317 e. The zero-order valence-corrected chi connectivity index (χ0v) is 12.1. The van der Waals surface area contributed by atoms with Gasteiger partial charge in [-0.25, -0.2) is 0 Å². The van der Waals surface area contributed by atoms with Gasteiger partial charge in [0, 0.05) is 37.3 Å². The fraction of sp³-hybridized carbons (Fsp3) is 0.462. The van der Waals surface area contributed by atoms with Crippen LogP contribution in [0.5, 0.6) is 0 Å². The van der Waals surface area contributed by atoms with E-state index in [4.69, 9.17) is 16.7 Å². The molecule has 1 aliphatic rings. The second-order valence-corrected chi connectivity index (χ2v) is 5.34. The van der Waals surface area contributed by atoms with Crippen molar-refractivity contribution in [2.75, 3.05) is 37.6 Å². The highest BCUT2D eigenvalue weighted by molar-refractivity contribution is 6.31. The van der Waals surface area contributed by atoms with Crippen molar-refractivity contribution in [1.82, 2.24) is 4.90 Å². The number of benzene rings is 1. The molecule has 0 aromatic heterocycles. The molecule has 2 rings (SSSR count). The molecule has 1 heterocycles. The summed E-state index contributed by atoms with van der Waals surface area (Å²) in [6.07, 6.45) is 0.747. The van der Waals surface area contributed by atoms with Gasteiger partial charge in [0.05, 0.1) is 11.5 Å². The van der Waals surface area contributed by atoms with Crippen molar-refractivity contribution in [3.8, 4) is 0 Å². The summed E-state index contributed by atoms with van der Waals surface area (Å²) in [5.41, 5.74) is 0.510. The van der Waals surface area contributed by atoms with Crippen LogP contribution in [0, 0.1) is 10.1 Å². The summed E-state index contributed by atoms with van der Waals surface area (Å²) in [7, 11) is 0. The Balaban J connectivity index is 2.17. The number of halogens is 1. The van der Waals surface area contributed by atoms with E-state index in [9.17, 15) is 14.9 Å². The summed E-state index contributed by atoms with van der Waals surface area (Å²) in [6, 6.07) is 4.49. The van der Waals surface area contributed by atoms with Crippen LogP contribution in [0.2, 0.25) is 5.02 Å². The van der Waals surface area contributed by atoms with Gasteiger partial charge in [-0.05, 0) is 18.6 Å². The molecular weight excluding hydrogens is 298 g/mol. The SMILES string of the molecule is O=C(O)CN1CCCN(c2cc(Cl)ccc2[N+](=O)[O-])CC1. The molecule has 0 spiro atoms. The number of carboxylic acids is 1. The Hall–Kier alpha value is -1.86. The molecule has 1 aromatic carbocycles. The van der Waals surface area contributed by atoms with Crippen molar-refractivity contribution in [2.24, 2.45) is 0 Å². The molecule has 7 nitrogen and oxygen atoms in total.